The molecular formula is C11H13N3O4. The molecule has 96 valence electrons. The number of anilines is 1. The number of carboxylic acid groups (broad SMARTS) is 1. The van der Waals surface area contributed by atoms with E-state index in [1.807, 2.05) is 0 Å². The van der Waals surface area contributed by atoms with Gasteiger partial charge in [0.25, 0.3) is 0 Å². The zero-order valence-electron chi connectivity index (χ0n) is 9.87. The predicted octanol–water partition coefficient (Wildman–Crippen LogP) is 0.317. The Balaban J connectivity index is 2.19. The highest BCUT2D eigenvalue weighted by Gasteiger charge is 2.31. The zero-order valence-corrected chi connectivity index (χ0v) is 9.87. The lowest BCUT2D eigenvalue weighted by Gasteiger charge is -2.21. The molecule has 1 fully saturated rings. The molecule has 1 aromatic heterocycles. The number of hydrogen-bond acceptors (Lipinski definition) is 6. The van der Waals surface area contributed by atoms with Crippen molar-refractivity contribution in [1.82, 2.24) is 10.2 Å². The van der Waals surface area contributed by atoms with Gasteiger partial charge in [-0.3, -0.25) is 0 Å². The Labute approximate surface area is 103 Å². The summed E-state index contributed by atoms with van der Waals surface area (Å²) in [7, 11) is 1.26. The average Bonchev–Trinajstić information content (AvgIpc) is 2.87. The molecule has 1 aliphatic heterocycles. The number of methoxy groups -OCH3 is 1. The molecule has 2 heterocycles. The highest BCUT2D eigenvalue weighted by Crippen LogP contribution is 2.23. The predicted molar refractivity (Wildman–Crippen MR) is 61.4 cm³/mol. The van der Waals surface area contributed by atoms with Crippen molar-refractivity contribution in [3.63, 3.8) is 0 Å². The Kier molecular flexibility index (Phi) is 3.40. The number of aromatic nitrogens is 2. The van der Waals surface area contributed by atoms with Crippen molar-refractivity contribution in [2.24, 2.45) is 0 Å². The fourth-order valence-electron chi connectivity index (χ4n) is 1.99. The fourth-order valence-corrected chi connectivity index (χ4v) is 1.99. The number of ether oxygens (including phenoxy) is 1. The summed E-state index contributed by atoms with van der Waals surface area (Å²) >= 11 is 0. The second-order valence-corrected chi connectivity index (χ2v) is 3.96. The smallest absolute Gasteiger partial charge is 0.358 e. The fraction of sp³-hybridized carbons (Fsp3) is 0.455. The Bertz CT molecular complexity index is 460. The lowest BCUT2D eigenvalue weighted by Crippen LogP contribution is -2.36. The molecule has 0 saturated carbocycles. The number of carbonyl (C=O) groups is 2. The molecule has 0 unspecified atom stereocenters. The number of nitrogens with zero attached hydrogens (tertiary/aromatic N) is 3. The quantitative estimate of drug-likeness (QED) is 0.773. The van der Waals surface area contributed by atoms with E-state index in [-0.39, 0.29) is 5.69 Å². The summed E-state index contributed by atoms with van der Waals surface area (Å²) in [6, 6.07) is 2.50. The molecular weight excluding hydrogens is 238 g/mol. The van der Waals surface area contributed by atoms with E-state index in [1.165, 1.54) is 13.2 Å². The van der Waals surface area contributed by atoms with Gasteiger partial charge in [0.1, 0.15) is 6.04 Å². The second kappa shape index (κ2) is 4.99. The third-order valence-corrected chi connectivity index (χ3v) is 2.88. The Morgan fingerprint density at radius 1 is 1.44 bits per heavy atom. The van der Waals surface area contributed by atoms with Gasteiger partial charge in [-0.05, 0) is 25.0 Å². The van der Waals surface area contributed by atoms with Crippen LogP contribution in [0, 0.1) is 0 Å². The van der Waals surface area contributed by atoms with Gasteiger partial charge in [0.05, 0.1) is 7.11 Å². The maximum absolute atomic E-state index is 11.2. The summed E-state index contributed by atoms with van der Waals surface area (Å²) in [5.74, 6) is -0.968. The van der Waals surface area contributed by atoms with Gasteiger partial charge >= 0.3 is 11.9 Å². The van der Waals surface area contributed by atoms with Gasteiger partial charge in [0.15, 0.2) is 11.5 Å². The van der Waals surface area contributed by atoms with Crippen molar-refractivity contribution in [3.05, 3.63) is 17.8 Å². The summed E-state index contributed by atoms with van der Waals surface area (Å²) in [6.45, 7) is 0.628. The van der Waals surface area contributed by atoms with Crippen molar-refractivity contribution >= 4 is 17.8 Å². The van der Waals surface area contributed by atoms with E-state index < -0.39 is 18.0 Å². The average molecular weight is 251 g/mol. The first-order valence-electron chi connectivity index (χ1n) is 5.55. The summed E-state index contributed by atoms with van der Waals surface area (Å²) in [6.07, 6.45) is 1.40. The first-order valence-corrected chi connectivity index (χ1v) is 5.55. The number of rotatable bonds is 3. The third-order valence-electron chi connectivity index (χ3n) is 2.88. The number of hydrogen-bond donors (Lipinski definition) is 1. The summed E-state index contributed by atoms with van der Waals surface area (Å²) in [5.41, 5.74) is 0.104. The molecule has 2 rings (SSSR count). The van der Waals surface area contributed by atoms with Gasteiger partial charge in [-0.15, -0.1) is 10.2 Å². The van der Waals surface area contributed by atoms with Gasteiger partial charge in [-0.2, -0.15) is 0 Å². The first-order chi connectivity index (χ1) is 8.63. The maximum atomic E-state index is 11.2. The molecule has 0 aliphatic carbocycles. The minimum absolute atomic E-state index is 0.104. The van der Waals surface area contributed by atoms with Gasteiger partial charge < -0.3 is 14.7 Å². The molecule has 0 aromatic carbocycles. The monoisotopic (exact) mass is 251 g/mol. The molecule has 7 heteroatoms. The van der Waals surface area contributed by atoms with Crippen LogP contribution in [0.5, 0.6) is 0 Å². The van der Waals surface area contributed by atoms with Gasteiger partial charge in [0.2, 0.25) is 0 Å². The van der Waals surface area contributed by atoms with Crippen LogP contribution >= 0.6 is 0 Å². The van der Waals surface area contributed by atoms with Crippen LogP contribution in [0.1, 0.15) is 23.3 Å². The Morgan fingerprint density at radius 3 is 2.78 bits per heavy atom. The second-order valence-electron chi connectivity index (χ2n) is 3.96. The van der Waals surface area contributed by atoms with E-state index in [0.717, 1.165) is 6.42 Å². The molecule has 1 aromatic rings. The summed E-state index contributed by atoms with van der Waals surface area (Å²) < 4.78 is 4.51. The normalized spacial score (nSPS) is 18.7. The minimum Gasteiger partial charge on any atom is -0.480 e. The molecule has 0 amide bonds. The number of aliphatic carboxylic acids is 1. The van der Waals surface area contributed by atoms with E-state index in [2.05, 4.69) is 14.9 Å². The SMILES string of the molecule is COC(=O)c1ccc(N2CCC[C@H]2C(=O)O)nn1. The molecule has 1 N–H and O–H groups in total. The van der Waals surface area contributed by atoms with Crippen LogP contribution < -0.4 is 4.90 Å². The van der Waals surface area contributed by atoms with Crippen LogP contribution in [0.4, 0.5) is 5.82 Å². The highest BCUT2D eigenvalue weighted by molar-refractivity contribution is 5.87. The van der Waals surface area contributed by atoms with Crippen molar-refractivity contribution in [3.8, 4) is 0 Å². The summed E-state index contributed by atoms with van der Waals surface area (Å²) in [5, 5.41) is 16.7. The van der Waals surface area contributed by atoms with Gasteiger partial charge in [-0.25, -0.2) is 9.59 Å². The van der Waals surface area contributed by atoms with E-state index in [1.54, 1.807) is 11.0 Å². The topological polar surface area (TPSA) is 92.6 Å². The van der Waals surface area contributed by atoms with Crippen molar-refractivity contribution in [2.45, 2.75) is 18.9 Å². The van der Waals surface area contributed by atoms with E-state index in [4.69, 9.17) is 5.11 Å². The van der Waals surface area contributed by atoms with E-state index >= 15 is 0 Å². The molecule has 1 aliphatic rings. The Morgan fingerprint density at radius 2 is 2.22 bits per heavy atom. The van der Waals surface area contributed by atoms with E-state index in [9.17, 15) is 9.59 Å². The highest BCUT2D eigenvalue weighted by atomic mass is 16.5. The lowest BCUT2D eigenvalue weighted by atomic mass is 10.2. The number of carboxylic acids is 1. The molecule has 18 heavy (non-hydrogen) atoms. The molecule has 1 saturated heterocycles. The van der Waals surface area contributed by atoms with Gasteiger partial charge in [0, 0.05) is 6.54 Å². The molecule has 0 spiro atoms. The van der Waals surface area contributed by atoms with Crippen molar-refractivity contribution in [1.29, 1.82) is 0 Å². The minimum atomic E-state index is -0.869. The largest absolute Gasteiger partial charge is 0.480 e. The lowest BCUT2D eigenvalue weighted by molar-refractivity contribution is -0.138. The molecule has 0 radical (unpaired) electrons. The zero-order chi connectivity index (χ0) is 13.1. The van der Waals surface area contributed by atoms with Gasteiger partial charge in [-0.1, -0.05) is 0 Å². The van der Waals surface area contributed by atoms with Crippen molar-refractivity contribution in [2.75, 3.05) is 18.6 Å². The molecule has 1 atom stereocenters. The van der Waals surface area contributed by atoms with Crippen LogP contribution in [0.2, 0.25) is 0 Å². The van der Waals surface area contributed by atoms with Crippen LogP contribution in [0.25, 0.3) is 0 Å². The number of esters is 1. The summed E-state index contributed by atoms with van der Waals surface area (Å²) in [4.78, 5) is 23.9. The van der Waals surface area contributed by atoms with Crippen LogP contribution in [0.15, 0.2) is 12.1 Å². The van der Waals surface area contributed by atoms with Crippen molar-refractivity contribution < 1.29 is 19.4 Å². The van der Waals surface area contributed by atoms with Crippen LogP contribution in [-0.2, 0) is 9.53 Å². The third kappa shape index (κ3) is 2.24. The number of carbonyl (C=O) groups excluding carboxylic acids is 1. The first kappa shape index (κ1) is 12.3. The van der Waals surface area contributed by atoms with Crippen LogP contribution in [-0.4, -0.2) is 46.9 Å². The maximum Gasteiger partial charge on any atom is 0.358 e. The van der Waals surface area contributed by atoms with Crippen LogP contribution in [0.3, 0.4) is 0 Å². The molecule has 7 nitrogen and oxygen atoms in total. The van der Waals surface area contributed by atoms with E-state index in [0.29, 0.717) is 18.8 Å². The standard InChI is InChI=1S/C11H13N3O4/c1-18-11(17)7-4-5-9(13-12-7)14-6-2-3-8(14)10(15)16/h4-5,8H,2-3,6H2,1H3,(H,15,16)/t8-/m0/s1. The molecule has 0 bridgehead atoms. The Hall–Kier alpha value is -2.18.